The highest BCUT2D eigenvalue weighted by atomic mass is 33.1. The van der Waals surface area contributed by atoms with Crippen molar-refractivity contribution in [3.05, 3.63) is 0 Å². The summed E-state index contributed by atoms with van der Waals surface area (Å²) in [5.41, 5.74) is 0. The number of aliphatic hydroxyl groups is 4. The van der Waals surface area contributed by atoms with Gasteiger partial charge in [0.15, 0.2) is 0 Å². The van der Waals surface area contributed by atoms with Gasteiger partial charge in [-0.25, -0.2) is 0 Å². The van der Waals surface area contributed by atoms with E-state index in [9.17, 15) is 25.2 Å². The molecule has 1 fully saturated rings. The van der Waals surface area contributed by atoms with E-state index in [0.29, 0.717) is 52.2 Å². The lowest BCUT2D eigenvalue weighted by Gasteiger charge is -2.34. The Kier molecular flexibility index (Phi) is 51.3. The molecule has 0 aromatic rings. The highest BCUT2D eigenvalue weighted by Crippen LogP contribution is 2.23. The lowest BCUT2D eigenvalue weighted by atomic mass is 10.0. The minimum Gasteiger partial charge on any atom is -0.466 e. The second-order valence-electron chi connectivity index (χ2n) is 22.1. The Balaban J connectivity index is 2.32. The number of hydrogen-bond donors (Lipinski definition) is 4. The first-order chi connectivity index (χ1) is 35.2. The Morgan fingerprint density at radius 2 is 0.736 bits per heavy atom. The molecule has 72 heavy (non-hydrogen) atoms. The summed E-state index contributed by atoms with van der Waals surface area (Å²) in [6.45, 7) is 19.9. The molecule has 4 unspecified atom stereocenters. The van der Waals surface area contributed by atoms with E-state index in [1.54, 1.807) is 0 Å². The van der Waals surface area contributed by atoms with Gasteiger partial charge in [0.1, 0.15) is 0 Å². The van der Waals surface area contributed by atoms with Crippen LogP contribution in [0.1, 0.15) is 259 Å². The minimum atomic E-state index is -0.399. The molecular formula is C60H122N4O6S2. The Morgan fingerprint density at radius 3 is 1.11 bits per heavy atom. The molecule has 0 aromatic carbocycles. The van der Waals surface area contributed by atoms with E-state index in [0.717, 1.165) is 122 Å². The molecule has 1 heterocycles. The monoisotopic (exact) mass is 1060 g/mol. The van der Waals surface area contributed by atoms with Crippen LogP contribution in [-0.2, 0) is 9.53 Å². The van der Waals surface area contributed by atoms with Crippen molar-refractivity contribution in [2.45, 2.75) is 283 Å². The molecule has 0 aromatic heterocycles. The van der Waals surface area contributed by atoms with Gasteiger partial charge in [-0.1, -0.05) is 229 Å². The summed E-state index contributed by atoms with van der Waals surface area (Å²) < 4.78 is 5.67. The fraction of sp³-hybridized carbons (Fsp3) is 0.983. The number of esters is 1. The fourth-order valence-electron chi connectivity index (χ4n) is 10.3. The highest BCUT2D eigenvalue weighted by molar-refractivity contribution is 8.76. The van der Waals surface area contributed by atoms with Crippen molar-refractivity contribution < 1.29 is 30.0 Å². The molecule has 12 heteroatoms. The Hall–Kier alpha value is -0.150. The standard InChI is InChI=1S/C60H122N4O6S2/c1-5-9-13-17-21-23-27-31-38-58(67)54-64(55-59(68)39-32-28-24-22-18-14-10-6-2)43-35-50-71-72-51-48-62-46-44-61(45-47-62)42-34-49-70-60(69)40-33-41-63(52-56(65)36-29-25-19-15-11-7-3)53-57(66)37-30-26-20-16-12-8-4/h56-59,65-68H,5-55H2,1-4H3. The number of unbranched alkanes of at least 4 members (excludes halogenated alkanes) is 24. The van der Waals surface area contributed by atoms with Crippen LogP contribution in [-0.4, -0.2) is 167 Å². The summed E-state index contributed by atoms with van der Waals surface area (Å²) in [6, 6.07) is 0. The summed E-state index contributed by atoms with van der Waals surface area (Å²) >= 11 is 0. The molecule has 0 spiro atoms. The van der Waals surface area contributed by atoms with Crippen LogP contribution in [0, 0.1) is 0 Å². The smallest absolute Gasteiger partial charge is 0.305 e. The normalized spacial score (nSPS) is 15.5. The summed E-state index contributed by atoms with van der Waals surface area (Å²) in [5, 5.41) is 43.8. The molecule has 0 bridgehead atoms. The summed E-state index contributed by atoms with van der Waals surface area (Å²) in [6.07, 6.45) is 40.0. The van der Waals surface area contributed by atoms with Crippen molar-refractivity contribution in [3.63, 3.8) is 0 Å². The fourth-order valence-corrected chi connectivity index (χ4v) is 12.4. The molecule has 1 saturated heterocycles. The SMILES string of the molecule is CCCCCCCCCCC(O)CN(CCCSSCCN1CCN(CCCOC(=O)CCCN(CC(O)CCCCCCCC)CC(O)CCCCCCCC)CC1)CC(O)CCCCCCCCCC. The average molecular weight is 1060 g/mol. The van der Waals surface area contributed by atoms with Crippen LogP contribution in [0.15, 0.2) is 0 Å². The van der Waals surface area contributed by atoms with Gasteiger partial charge in [0, 0.05) is 83.4 Å². The van der Waals surface area contributed by atoms with Gasteiger partial charge in [-0.2, -0.15) is 0 Å². The van der Waals surface area contributed by atoms with Gasteiger partial charge >= 0.3 is 5.97 Å². The van der Waals surface area contributed by atoms with Gasteiger partial charge in [-0.15, -0.1) is 0 Å². The van der Waals surface area contributed by atoms with Gasteiger partial charge in [0.25, 0.3) is 0 Å². The number of carbonyl (C=O) groups excluding carboxylic acids is 1. The number of rotatable bonds is 56. The van der Waals surface area contributed by atoms with Crippen LogP contribution in [0.2, 0.25) is 0 Å². The van der Waals surface area contributed by atoms with Crippen molar-refractivity contribution in [1.82, 2.24) is 19.6 Å². The maximum atomic E-state index is 12.7. The van der Waals surface area contributed by atoms with Crippen molar-refractivity contribution >= 4 is 27.6 Å². The molecule has 1 aliphatic rings. The third kappa shape index (κ3) is 46.0. The molecule has 0 saturated carbocycles. The Labute approximate surface area is 454 Å². The maximum absolute atomic E-state index is 12.7. The minimum absolute atomic E-state index is 0.140. The van der Waals surface area contributed by atoms with Crippen LogP contribution in [0.3, 0.4) is 0 Å². The zero-order chi connectivity index (χ0) is 52.4. The van der Waals surface area contributed by atoms with E-state index in [4.69, 9.17) is 4.74 Å². The van der Waals surface area contributed by atoms with Crippen molar-refractivity contribution in [2.75, 3.05) is 96.6 Å². The third-order valence-corrected chi connectivity index (χ3v) is 17.4. The van der Waals surface area contributed by atoms with Crippen molar-refractivity contribution in [2.24, 2.45) is 0 Å². The predicted molar refractivity (Wildman–Crippen MR) is 315 cm³/mol. The van der Waals surface area contributed by atoms with E-state index in [1.165, 1.54) is 154 Å². The molecule has 430 valence electrons. The Bertz CT molecular complexity index is 1070. The van der Waals surface area contributed by atoms with E-state index in [-0.39, 0.29) is 18.2 Å². The summed E-state index contributed by atoms with van der Waals surface area (Å²) in [4.78, 5) is 22.3. The van der Waals surface area contributed by atoms with E-state index < -0.39 is 12.2 Å². The molecule has 0 radical (unpaired) electrons. The first-order valence-electron chi connectivity index (χ1n) is 31.2. The molecule has 1 rings (SSSR count). The lowest BCUT2D eigenvalue weighted by molar-refractivity contribution is -0.144. The molecular weight excluding hydrogens is 937 g/mol. The van der Waals surface area contributed by atoms with Gasteiger partial charge in [0.2, 0.25) is 0 Å². The highest BCUT2D eigenvalue weighted by Gasteiger charge is 2.20. The quantitative estimate of drug-likeness (QED) is 0.0264. The number of hydrogen-bond acceptors (Lipinski definition) is 12. The lowest BCUT2D eigenvalue weighted by Crippen LogP contribution is -2.47. The van der Waals surface area contributed by atoms with Crippen molar-refractivity contribution in [3.8, 4) is 0 Å². The van der Waals surface area contributed by atoms with Gasteiger partial charge in [-0.3, -0.25) is 19.5 Å². The first kappa shape index (κ1) is 69.9. The van der Waals surface area contributed by atoms with Crippen LogP contribution in [0.5, 0.6) is 0 Å². The number of ether oxygens (including phenoxy) is 1. The average Bonchev–Trinajstić information content (AvgIpc) is 3.36. The molecule has 1 aliphatic heterocycles. The van der Waals surface area contributed by atoms with Gasteiger partial charge in [0.05, 0.1) is 31.0 Å². The van der Waals surface area contributed by atoms with Gasteiger partial charge < -0.3 is 30.1 Å². The second kappa shape index (κ2) is 52.9. The Morgan fingerprint density at radius 1 is 0.417 bits per heavy atom. The van der Waals surface area contributed by atoms with Crippen LogP contribution < -0.4 is 0 Å². The largest absolute Gasteiger partial charge is 0.466 e. The van der Waals surface area contributed by atoms with E-state index in [1.807, 2.05) is 21.6 Å². The van der Waals surface area contributed by atoms with Crippen LogP contribution >= 0.6 is 21.6 Å². The predicted octanol–water partition coefficient (Wildman–Crippen LogP) is 13.7. The summed E-state index contributed by atoms with van der Waals surface area (Å²) in [7, 11) is 3.96. The van der Waals surface area contributed by atoms with E-state index >= 15 is 0 Å². The number of aliphatic hydroxyl groups excluding tert-OH is 4. The summed E-state index contributed by atoms with van der Waals surface area (Å²) in [5.74, 6) is 2.07. The molecule has 0 aliphatic carbocycles. The molecule has 4 N–H and O–H groups in total. The number of carbonyl (C=O) groups is 1. The van der Waals surface area contributed by atoms with Crippen LogP contribution in [0.4, 0.5) is 0 Å². The third-order valence-electron chi connectivity index (χ3n) is 14.9. The number of nitrogens with zero attached hydrogens (tertiary/aromatic N) is 4. The maximum Gasteiger partial charge on any atom is 0.305 e. The molecule has 4 atom stereocenters. The zero-order valence-corrected chi connectivity index (χ0v) is 49.7. The van der Waals surface area contributed by atoms with Crippen LogP contribution in [0.25, 0.3) is 0 Å². The topological polar surface area (TPSA) is 120 Å². The van der Waals surface area contributed by atoms with Gasteiger partial charge in [-0.05, 0) is 58.0 Å². The number of piperazine rings is 1. The molecule has 0 amide bonds. The van der Waals surface area contributed by atoms with E-state index in [2.05, 4.69) is 47.3 Å². The zero-order valence-electron chi connectivity index (χ0n) is 48.1. The first-order valence-corrected chi connectivity index (χ1v) is 33.7. The van der Waals surface area contributed by atoms with Crippen molar-refractivity contribution in [1.29, 1.82) is 0 Å². The second-order valence-corrected chi connectivity index (χ2v) is 24.8. The molecule has 10 nitrogen and oxygen atoms in total.